The van der Waals surface area contributed by atoms with Gasteiger partial charge in [0.05, 0.1) is 28.3 Å². The number of para-hydroxylation sites is 2. The van der Waals surface area contributed by atoms with Crippen LogP contribution in [-0.2, 0) is 10.0 Å². The van der Waals surface area contributed by atoms with Gasteiger partial charge in [-0.05, 0) is 67.3 Å². The molecule has 0 aliphatic rings. The molecule has 176 valence electrons. The van der Waals surface area contributed by atoms with Crippen molar-refractivity contribution in [3.63, 3.8) is 0 Å². The standard InChI is InChI=1S/C26H26N2O4S2/c1-4-15-28(34(30,31)21-12-9-18(2)10-13-21)20-11-14-24-19(16-20)17-25(33-24)26(29)27-22-7-5-6-8-23(22)32-3/h5-14,16-17H,4,15H2,1-3H3,(H,27,29). The normalized spacial score (nSPS) is 11.4. The lowest BCUT2D eigenvalue weighted by atomic mass is 10.2. The average Bonchev–Trinajstić information content (AvgIpc) is 3.26. The van der Waals surface area contributed by atoms with Gasteiger partial charge in [-0.2, -0.15) is 0 Å². The maximum absolute atomic E-state index is 13.4. The molecule has 4 rings (SSSR count). The van der Waals surface area contributed by atoms with Crippen LogP contribution in [0.3, 0.4) is 0 Å². The highest BCUT2D eigenvalue weighted by atomic mass is 32.2. The van der Waals surface area contributed by atoms with Gasteiger partial charge in [0.2, 0.25) is 0 Å². The molecule has 1 aromatic heterocycles. The molecule has 1 amide bonds. The number of anilines is 2. The number of thiophene rings is 1. The molecule has 0 aliphatic carbocycles. The fourth-order valence-corrected chi connectivity index (χ4v) is 6.15. The minimum Gasteiger partial charge on any atom is -0.495 e. The summed E-state index contributed by atoms with van der Waals surface area (Å²) < 4.78 is 34.4. The second kappa shape index (κ2) is 9.87. The summed E-state index contributed by atoms with van der Waals surface area (Å²) in [6.45, 7) is 4.22. The molecule has 0 spiro atoms. The van der Waals surface area contributed by atoms with Crippen LogP contribution in [-0.4, -0.2) is 28.0 Å². The lowest BCUT2D eigenvalue weighted by Crippen LogP contribution is -2.31. The van der Waals surface area contributed by atoms with Crippen molar-refractivity contribution < 1.29 is 17.9 Å². The van der Waals surface area contributed by atoms with Crippen molar-refractivity contribution in [3.8, 4) is 5.75 Å². The van der Waals surface area contributed by atoms with Crippen molar-refractivity contribution in [3.05, 3.63) is 83.2 Å². The number of methoxy groups -OCH3 is 1. The number of nitrogens with one attached hydrogen (secondary N) is 1. The molecule has 6 nitrogen and oxygen atoms in total. The summed E-state index contributed by atoms with van der Waals surface area (Å²) >= 11 is 1.36. The summed E-state index contributed by atoms with van der Waals surface area (Å²) in [4.78, 5) is 13.7. The van der Waals surface area contributed by atoms with Crippen LogP contribution in [0.15, 0.2) is 77.7 Å². The van der Waals surface area contributed by atoms with E-state index in [-0.39, 0.29) is 10.8 Å². The zero-order valence-electron chi connectivity index (χ0n) is 19.2. The number of carbonyl (C=O) groups excluding carboxylic acids is 1. The number of benzene rings is 3. The molecule has 0 aliphatic heterocycles. The number of carbonyl (C=O) groups is 1. The lowest BCUT2D eigenvalue weighted by molar-refractivity contribution is 0.103. The summed E-state index contributed by atoms with van der Waals surface area (Å²) in [6.07, 6.45) is 0.666. The molecule has 1 N–H and O–H groups in total. The fraction of sp³-hybridized carbons (Fsp3) is 0.192. The smallest absolute Gasteiger partial charge is 0.265 e. The molecule has 0 saturated carbocycles. The van der Waals surface area contributed by atoms with Crippen LogP contribution >= 0.6 is 11.3 Å². The topological polar surface area (TPSA) is 75.7 Å². The summed E-state index contributed by atoms with van der Waals surface area (Å²) in [7, 11) is -2.16. The van der Waals surface area contributed by atoms with Gasteiger partial charge >= 0.3 is 0 Å². The molecule has 0 unspecified atom stereocenters. The fourth-order valence-electron chi connectivity index (χ4n) is 3.66. The Kier molecular flexibility index (Phi) is 6.90. The second-order valence-corrected chi connectivity index (χ2v) is 10.8. The van der Waals surface area contributed by atoms with E-state index in [1.807, 2.05) is 38.1 Å². The summed E-state index contributed by atoms with van der Waals surface area (Å²) in [6, 6.07) is 21.4. The van der Waals surface area contributed by atoms with Crippen LogP contribution in [0.25, 0.3) is 10.1 Å². The predicted octanol–water partition coefficient (Wildman–Crippen LogP) is 6.08. The number of sulfonamides is 1. The van der Waals surface area contributed by atoms with Crippen molar-refractivity contribution in [1.29, 1.82) is 0 Å². The molecule has 4 aromatic rings. The van der Waals surface area contributed by atoms with E-state index in [0.29, 0.717) is 35.0 Å². The summed E-state index contributed by atoms with van der Waals surface area (Å²) in [5, 5.41) is 3.70. The van der Waals surface area contributed by atoms with E-state index in [0.717, 1.165) is 15.6 Å². The molecule has 0 atom stereocenters. The SMILES string of the molecule is CCCN(c1ccc2sc(C(=O)Nc3ccccc3OC)cc2c1)S(=O)(=O)c1ccc(C)cc1. The Bertz CT molecular complexity index is 1430. The third-order valence-electron chi connectivity index (χ3n) is 5.40. The van der Waals surface area contributed by atoms with E-state index < -0.39 is 10.0 Å². The van der Waals surface area contributed by atoms with Gasteiger partial charge in [0.25, 0.3) is 15.9 Å². The number of amides is 1. The highest BCUT2D eigenvalue weighted by Crippen LogP contribution is 2.33. The Hall–Kier alpha value is -3.36. The quantitative estimate of drug-likeness (QED) is 0.322. The number of hydrogen-bond donors (Lipinski definition) is 1. The zero-order valence-corrected chi connectivity index (χ0v) is 20.9. The maximum Gasteiger partial charge on any atom is 0.265 e. The van der Waals surface area contributed by atoms with E-state index in [4.69, 9.17) is 4.74 Å². The first-order valence-corrected chi connectivity index (χ1v) is 13.2. The van der Waals surface area contributed by atoms with Gasteiger partial charge < -0.3 is 10.1 Å². The predicted molar refractivity (Wildman–Crippen MR) is 139 cm³/mol. The van der Waals surface area contributed by atoms with Gasteiger partial charge in [-0.1, -0.05) is 36.8 Å². The molecule has 3 aromatic carbocycles. The third-order valence-corrected chi connectivity index (χ3v) is 8.36. The van der Waals surface area contributed by atoms with Crippen LogP contribution in [0.2, 0.25) is 0 Å². The van der Waals surface area contributed by atoms with Crippen molar-refractivity contribution in [2.75, 3.05) is 23.3 Å². The van der Waals surface area contributed by atoms with Gasteiger partial charge in [-0.15, -0.1) is 11.3 Å². The number of ether oxygens (including phenoxy) is 1. The first-order valence-electron chi connectivity index (χ1n) is 10.9. The molecule has 8 heteroatoms. The largest absolute Gasteiger partial charge is 0.495 e. The number of fused-ring (bicyclic) bond motifs is 1. The zero-order chi connectivity index (χ0) is 24.3. The van der Waals surface area contributed by atoms with E-state index in [1.54, 1.807) is 55.6 Å². The first-order chi connectivity index (χ1) is 16.3. The van der Waals surface area contributed by atoms with Gasteiger partial charge in [-0.3, -0.25) is 9.10 Å². The Morgan fingerprint density at radius 3 is 2.47 bits per heavy atom. The lowest BCUT2D eigenvalue weighted by Gasteiger charge is -2.24. The first kappa shape index (κ1) is 23.8. The third kappa shape index (κ3) is 4.78. The molecular weight excluding hydrogens is 468 g/mol. The number of aryl methyl sites for hydroxylation is 1. The van der Waals surface area contributed by atoms with Crippen LogP contribution in [0.4, 0.5) is 11.4 Å². The van der Waals surface area contributed by atoms with E-state index in [9.17, 15) is 13.2 Å². The second-order valence-electron chi connectivity index (χ2n) is 7.88. The summed E-state index contributed by atoms with van der Waals surface area (Å²) in [5.41, 5.74) is 2.16. The Morgan fingerprint density at radius 1 is 1.03 bits per heavy atom. The van der Waals surface area contributed by atoms with Gasteiger partial charge in [-0.25, -0.2) is 8.42 Å². The molecule has 0 saturated heterocycles. The van der Waals surface area contributed by atoms with E-state index in [2.05, 4.69) is 5.32 Å². The van der Waals surface area contributed by atoms with Gasteiger partial charge in [0.1, 0.15) is 5.75 Å². The van der Waals surface area contributed by atoms with E-state index >= 15 is 0 Å². The van der Waals surface area contributed by atoms with Crippen molar-refractivity contribution in [2.45, 2.75) is 25.2 Å². The number of rotatable bonds is 8. The van der Waals surface area contributed by atoms with Gasteiger partial charge in [0, 0.05) is 11.2 Å². The van der Waals surface area contributed by atoms with Crippen LogP contribution in [0, 0.1) is 6.92 Å². The molecular formula is C26H26N2O4S2. The molecule has 1 heterocycles. The van der Waals surface area contributed by atoms with Crippen molar-refractivity contribution in [1.82, 2.24) is 0 Å². The number of hydrogen-bond acceptors (Lipinski definition) is 5. The van der Waals surface area contributed by atoms with Crippen molar-refractivity contribution in [2.24, 2.45) is 0 Å². The Balaban J connectivity index is 1.66. The molecule has 0 radical (unpaired) electrons. The average molecular weight is 495 g/mol. The highest BCUT2D eigenvalue weighted by Gasteiger charge is 2.25. The van der Waals surface area contributed by atoms with Crippen LogP contribution < -0.4 is 14.4 Å². The summed E-state index contributed by atoms with van der Waals surface area (Å²) in [5.74, 6) is 0.334. The minimum atomic E-state index is -3.72. The maximum atomic E-state index is 13.4. The minimum absolute atomic E-state index is 0.245. The van der Waals surface area contributed by atoms with E-state index in [1.165, 1.54) is 15.6 Å². The Morgan fingerprint density at radius 2 is 1.76 bits per heavy atom. The molecule has 0 bridgehead atoms. The van der Waals surface area contributed by atoms with Crippen LogP contribution in [0.1, 0.15) is 28.6 Å². The molecule has 34 heavy (non-hydrogen) atoms. The monoisotopic (exact) mass is 494 g/mol. The number of nitrogens with zero attached hydrogens (tertiary/aromatic N) is 1. The molecule has 0 fully saturated rings. The highest BCUT2D eigenvalue weighted by molar-refractivity contribution is 7.92. The van der Waals surface area contributed by atoms with Gasteiger partial charge in [0.15, 0.2) is 0 Å². The Labute approximate surface area is 203 Å². The van der Waals surface area contributed by atoms with Crippen LogP contribution in [0.5, 0.6) is 5.75 Å². The van der Waals surface area contributed by atoms with Crippen molar-refractivity contribution >= 4 is 48.7 Å².